The highest BCUT2D eigenvalue weighted by atomic mass is 127. The molecule has 0 saturated carbocycles. The monoisotopic (exact) mass is 532 g/mol. The lowest BCUT2D eigenvalue weighted by Crippen LogP contribution is -2.39. The van der Waals surface area contributed by atoms with Crippen molar-refractivity contribution < 1.29 is 0 Å². The van der Waals surface area contributed by atoms with Crippen LogP contribution in [0.4, 0.5) is 5.69 Å². The Morgan fingerprint density at radius 1 is 1.03 bits per heavy atom. The fourth-order valence-electron chi connectivity index (χ4n) is 3.40. The smallest absolute Gasteiger partial charge is 0.191 e. The van der Waals surface area contributed by atoms with Crippen LogP contribution in [0.15, 0.2) is 78.0 Å². The Morgan fingerprint density at radius 2 is 1.74 bits per heavy atom. The van der Waals surface area contributed by atoms with Crippen molar-refractivity contribution in [2.75, 3.05) is 31.6 Å². The molecule has 3 aromatic rings. The number of rotatable bonds is 10. The van der Waals surface area contributed by atoms with Gasteiger partial charge >= 0.3 is 0 Å². The highest BCUT2D eigenvalue weighted by molar-refractivity contribution is 14.0. The van der Waals surface area contributed by atoms with Gasteiger partial charge in [0.05, 0.1) is 6.54 Å². The minimum Gasteiger partial charge on any atom is -0.372 e. The lowest BCUT2D eigenvalue weighted by Gasteiger charge is -2.23. The maximum absolute atomic E-state index is 4.49. The first-order valence-electron chi connectivity index (χ1n) is 10.6. The van der Waals surface area contributed by atoms with E-state index >= 15 is 0 Å². The van der Waals surface area contributed by atoms with Gasteiger partial charge < -0.3 is 20.1 Å². The Kier molecular flexibility index (Phi) is 10.9. The summed E-state index contributed by atoms with van der Waals surface area (Å²) < 4.78 is 2.16. The molecule has 0 spiro atoms. The number of aliphatic imine (C=N–C) groups is 1. The van der Waals surface area contributed by atoms with E-state index in [0.29, 0.717) is 6.54 Å². The summed E-state index contributed by atoms with van der Waals surface area (Å²) in [5.74, 6) is 1.79. The number of imidazole rings is 1. The second kappa shape index (κ2) is 13.7. The first kappa shape index (κ1) is 24.7. The molecule has 7 heteroatoms. The van der Waals surface area contributed by atoms with E-state index < -0.39 is 0 Å². The Morgan fingerprint density at radius 3 is 2.42 bits per heavy atom. The quantitative estimate of drug-likeness (QED) is 0.179. The molecule has 0 fully saturated rings. The summed E-state index contributed by atoms with van der Waals surface area (Å²) in [5, 5.41) is 6.78. The highest BCUT2D eigenvalue weighted by Gasteiger charge is 2.06. The predicted octanol–water partition coefficient (Wildman–Crippen LogP) is 4.13. The summed E-state index contributed by atoms with van der Waals surface area (Å²) in [6, 6.07) is 21.0. The molecule has 0 amide bonds. The topological polar surface area (TPSA) is 57.5 Å². The van der Waals surface area contributed by atoms with Crippen molar-refractivity contribution in [1.29, 1.82) is 0 Å². The lowest BCUT2D eigenvalue weighted by molar-refractivity contribution is 0.676. The molecule has 166 valence electrons. The maximum atomic E-state index is 4.49. The molecule has 0 aliphatic rings. The molecule has 0 aliphatic carbocycles. The standard InChI is InChI=1S/C24H32N6.HI/c1-3-29(22-13-8-5-9-14-22)17-10-15-27-24(25-2)28-19-23-26-16-18-30(23)20-21-11-6-4-7-12-21;/h4-9,11-14,16,18H,3,10,15,17,19-20H2,1-2H3,(H2,25,27,28);1H. The van der Waals surface area contributed by atoms with Crippen molar-refractivity contribution in [3.63, 3.8) is 0 Å². The SMILES string of the molecule is CCN(CCCNC(=NC)NCc1nccn1Cc1ccccc1)c1ccccc1.I. The van der Waals surface area contributed by atoms with Gasteiger partial charge in [0.15, 0.2) is 5.96 Å². The van der Waals surface area contributed by atoms with Gasteiger partial charge in [-0.15, -0.1) is 24.0 Å². The van der Waals surface area contributed by atoms with Crippen LogP contribution in [0.1, 0.15) is 24.7 Å². The number of aromatic nitrogens is 2. The number of benzene rings is 2. The number of halogens is 1. The van der Waals surface area contributed by atoms with E-state index in [1.807, 2.05) is 18.5 Å². The summed E-state index contributed by atoms with van der Waals surface area (Å²) in [7, 11) is 1.80. The van der Waals surface area contributed by atoms with Crippen LogP contribution in [0.25, 0.3) is 0 Å². The van der Waals surface area contributed by atoms with Gasteiger partial charge in [-0.25, -0.2) is 4.98 Å². The Hall–Kier alpha value is -2.55. The zero-order valence-corrected chi connectivity index (χ0v) is 20.7. The van der Waals surface area contributed by atoms with Gasteiger partial charge in [0.1, 0.15) is 5.82 Å². The third-order valence-corrected chi connectivity index (χ3v) is 5.04. The fraction of sp³-hybridized carbons (Fsp3) is 0.333. The average Bonchev–Trinajstić information content (AvgIpc) is 3.24. The molecule has 3 rings (SSSR count). The number of para-hydroxylation sites is 1. The molecule has 2 N–H and O–H groups in total. The van der Waals surface area contributed by atoms with Crippen molar-refractivity contribution in [2.45, 2.75) is 26.4 Å². The van der Waals surface area contributed by atoms with Gasteiger partial charge in [0, 0.05) is 51.3 Å². The number of anilines is 1. The van der Waals surface area contributed by atoms with Crippen molar-refractivity contribution in [2.24, 2.45) is 4.99 Å². The van der Waals surface area contributed by atoms with E-state index in [0.717, 1.165) is 44.4 Å². The zero-order valence-electron chi connectivity index (χ0n) is 18.4. The number of hydrogen-bond donors (Lipinski definition) is 2. The minimum absolute atomic E-state index is 0. The van der Waals surface area contributed by atoms with Gasteiger partial charge in [-0.05, 0) is 31.0 Å². The van der Waals surface area contributed by atoms with Crippen LogP contribution in [-0.2, 0) is 13.1 Å². The van der Waals surface area contributed by atoms with Crippen LogP contribution in [-0.4, -0.2) is 42.2 Å². The molecule has 0 unspecified atom stereocenters. The number of nitrogens with zero attached hydrogens (tertiary/aromatic N) is 4. The van der Waals surface area contributed by atoms with E-state index in [2.05, 4.69) is 91.6 Å². The number of guanidine groups is 1. The molecule has 2 aromatic carbocycles. The minimum atomic E-state index is 0. The van der Waals surface area contributed by atoms with Crippen LogP contribution >= 0.6 is 24.0 Å². The predicted molar refractivity (Wildman–Crippen MR) is 140 cm³/mol. The van der Waals surface area contributed by atoms with Crippen molar-refractivity contribution >= 4 is 35.6 Å². The van der Waals surface area contributed by atoms with Gasteiger partial charge in [-0.1, -0.05) is 48.5 Å². The fourth-order valence-corrected chi connectivity index (χ4v) is 3.40. The number of nitrogens with one attached hydrogen (secondary N) is 2. The second-order valence-corrected chi connectivity index (χ2v) is 7.08. The summed E-state index contributed by atoms with van der Waals surface area (Å²) in [5.41, 5.74) is 2.53. The third-order valence-electron chi connectivity index (χ3n) is 5.04. The molecule has 0 atom stereocenters. The molecule has 0 aliphatic heterocycles. The number of hydrogen-bond acceptors (Lipinski definition) is 3. The molecule has 0 bridgehead atoms. The molecule has 0 saturated heterocycles. The van der Waals surface area contributed by atoms with Crippen LogP contribution < -0.4 is 15.5 Å². The second-order valence-electron chi connectivity index (χ2n) is 7.08. The van der Waals surface area contributed by atoms with Gasteiger partial charge in [-0.3, -0.25) is 4.99 Å². The first-order valence-corrected chi connectivity index (χ1v) is 10.6. The lowest BCUT2D eigenvalue weighted by atomic mass is 10.2. The Balaban J connectivity index is 0.00000341. The Bertz CT molecular complexity index is 895. The van der Waals surface area contributed by atoms with E-state index in [1.165, 1.54) is 11.3 Å². The summed E-state index contributed by atoms with van der Waals surface area (Å²) in [6.45, 7) is 6.51. The molecule has 1 aromatic heterocycles. The average molecular weight is 532 g/mol. The molecule has 1 heterocycles. The van der Waals surface area contributed by atoms with Crippen molar-refractivity contribution in [3.8, 4) is 0 Å². The largest absolute Gasteiger partial charge is 0.372 e. The van der Waals surface area contributed by atoms with E-state index in [1.54, 1.807) is 7.05 Å². The summed E-state index contributed by atoms with van der Waals surface area (Å²) in [4.78, 5) is 11.2. The van der Waals surface area contributed by atoms with E-state index in [-0.39, 0.29) is 24.0 Å². The van der Waals surface area contributed by atoms with E-state index in [9.17, 15) is 0 Å². The molecular weight excluding hydrogens is 499 g/mol. The molecule has 6 nitrogen and oxygen atoms in total. The maximum Gasteiger partial charge on any atom is 0.191 e. The molecule has 31 heavy (non-hydrogen) atoms. The Labute approximate surface area is 202 Å². The van der Waals surface area contributed by atoms with Crippen LogP contribution in [0, 0.1) is 0 Å². The van der Waals surface area contributed by atoms with Gasteiger partial charge in [0.2, 0.25) is 0 Å². The molecular formula is C24H33IN6. The highest BCUT2D eigenvalue weighted by Crippen LogP contribution is 2.12. The van der Waals surface area contributed by atoms with Crippen LogP contribution in [0.5, 0.6) is 0 Å². The summed E-state index contributed by atoms with van der Waals surface area (Å²) >= 11 is 0. The molecule has 0 radical (unpaired) electrons. The van der Waals surface area contributed by atoms with Crippen molar-refractivity contribution in [1.82, 2.24) is 20.2 Å². The van der Waals surface area contributed by atoms with Crippen molar-refractivity contribution in [3.05, 3.63) is 84.4 Å². The zero-order chi connectivity index (χ0) is 21.0. The van der Waals surface area contributed by atoms with E-state index in [4.69, 9.17) is 0 Å². The van der Waals surface area contributed by atoms with Gasteiger partial charge in [-0.2, -0.15) is 0 Å². The summed E-state index contributed by atoms with van der Waals surface area (Å²) in [6.07, 6.45) is 4.90. The van der Waals surface area contributed by atoms with Crippen LogP contribution in [0.3, 0.4) is 0 Å². The van der Waals surface area contributed by atoms with Gasteiger partial charge in [0.25, 0.3) is 0 Å². The first-order chi connectivity index (χ1) is 14.8. The third kappa shape index (κ3) is 7.90. The van der Waals surface area contributed by atoms with Crippen LogP contribution in [0.2, 0.25) is 0 Å². The normalized spacial score (nSPS) is 11.0.